The van der Waals surface area contributed by atoms with E-state index in [1.165, 1.54) is 0 Å². The van der Waals surface area contributed by atoms with Crippen LogP contribution in [0.4, 0.5) is 0 Å². The molecule has 0 aromatic heterocycles. The minimum atomic E-state index is -0.645. The summed E-state index contributed by atoms with van der Waals surface area (Å²) in [5.41, 5.74) is -0.541. The molecule has 1 aliphatic heterocycles. The Morgan fingerprint density at radius 3 is 2.40 bits per heavy atom. The fourth-order valence-electron chi connectivity index (χ4n) is 2.80. The van der Waals surface area contributed by atoms with Crippen molar-refractivity contribution in [1.29, 1.82) is 0 Å². The molecule has 2 rings (SSSR count). The summed E-state index contributed by atoms with van der Waals surface area (Å²) in [4.78, 5) is 11.5. The average Bonchev–Trinajstić information content (AvgIpc) is 2.72. The highest BCUT2D eigenvalue weighted by molar-refractivity contribution is 8.00. The van der Waals surface area contributed by atoms with Crippen LogP contribution in [0.1, 0.15) is 38.5 Å². The van der Waals surface area contributed by atoms with Crippen LogP contribution in [0.3, 0.4) is 0 Å². The monoisotopic (exact) mass is 230 g/mol. The first-order valence-electron chi connectivity index (χ1n) is 5.68. The van der Waals surface area contributed by atoms with Crippen LogP contribution in [0.15, 0.2) is 0 Å². The molecule has 15 heavy (non-hydrogen) atoms. The van der Waals surface area contributed by atoms with E-state index in [0.29, 0.717) is 25.7 Å². The molecule has 1 atom stereocenters. The SMILES string of the molecule is O=C(O)C1(C2CCCS2)CCC(O)CC1. The summed E-state index contributed by atoms with van der Waals surface area (Å²) in [5, 5.41) is 19.2. The first kappa shape index (κ1) is 11.3. The number of aliphatic hydroxyl groups is 1. The quantitative estimate of drug-likeness (QED) is 0.760. The minimum absolute atomic E-state index is 0.274. The van der Waals surface area contributed by atoms with Crippen LogP contribution in [0, 0.1) is 5.41 Å². The predicted molar refractivity (Wildman–Crippen MR) is 60.0 cm³/mol. The van der Waals surface area contributed by atoms with Crippen molar-refractivity contribution in [3.05, 3.63) is 0 Å². The van der Waals surface area contributed by atoms with Crippen LogP contribution in [-0.2, 0) is 4.79 Å². The molecule has 1 saturated carbocycles. The Hall–Kier alpha value is -0.220. The zero-order valence-electron chi connectivity index (χ0n) is 8.82. The van der Waals surface area contributed by atoms with E-state index >= 15 is 0 Å². The van der Waals surface area contributed by atoms with Gasteiger partial charge in [-0.2, -0.15) is 11.8 Å². The van der Waals surface area contributed by atoms with Crippen LogP contribution in [0.25, 0.3) is 0 Å². The highest BCUT2D eigenvalue weighted by atomic mass is 32.2. The molecule has 2 aliphatic rings. The Morgan fingerprint density at radius 2 is 1.93 bits per heavy atom. The first-order valence-corrected chi connectivity index (χ1v) is 6.73. The lowest BCUT2D eigenvalue weighted by Gasteiger charge is -2.39. The highest BCUT2D eigenvalue weighted by Crippen LogP contribution is 2.48. The number of aliphatic carboxylic acids is 1. The maximum Gasteiger partial charge on any atom is 0.310 e. The number of carboxylic acid groups (broad SMARTS) is 1. The Bertz CT molecular complexity index is 240. The fourth-order valence-corrected chi connectivity index (χ4v) is 4.41. The second kappa shape index (κ2) is 4.34. The van der Waals surface area contributed by atoms with E-state index < -0.39 is 11.4 Å². The van der Waals surface area contributed by atoms with Crippen molar-refractivity contribution in [2.45, 2.75) is 49.9 Å². The zero-order chi connectivity index (χ0) is 10.9. The lowest BCUT2D eigenvalue weighted by Crippen LogP contribution is -2.43. The maximum atomic E-state index is 11.5. The van der Waals surface area contributed by atoms with E-state index in [4.69, 9.17) is 0 Å². The third-order valence-corrected chi connectivity index (χ3v) is 5.43. The fraction of sp³-hybridized carbons (Fsp3) is 0.909. The van der Waals surface area contributed by atoms with Gasteiger partial charge in [0.2, 0.25) is 0 Å². The molecule has 1 unspecified atom stereocenters. The van der Waals surface area contributed by atoms with Gasteiger partial charge in [0, 0.05) is 5.25 Å². The normalized spacial score (nSPS) is 41.7. The smallest absolute Gasteiger partial charge is 0.310 e. The summed E-state index contributed by atoms with van der Waals surface area (Å²) < 4.78 is 0. The summed E-state index contributed by atoms with van der Waals surface area (Å²) >= 11 is 1.81. The summed E-state index contributed by atoms with van der Waals surface area (Å²) in [6.45, 7) is 0. The van der Waals surface area contributed by atoms with Crippen LogP contribution in [-0.4, -0.2) is 33.3 Å². The number of thioether (sulfide) groups is 1. The Kier molecular flexibility index (Phi) is 3.26. The summed E-state index contributed by atoms with van der Waals surface area (Å²) in [6, 6.07) is 0. The first-order chi connectivity index (χ1) is 7.15. The number of rotatable bonds is 2. The van der Waals surface area contributed by atoms with Crippen LogP contribution in [0.2, 0.25) is 0 Å². The predicted octanol–water partition coefficient (Wildman–Crippen LogP) is 1.89. The number of carbonyl (C=O) groups is 1. The van der Waals surface area contributed by atoms with E-state index in [1.807, 2.05) is 11.8 Å². The molecule has 0 bridgehead atoms. The molecule has 1 saturated heterocycles. The van der Waals surface area contributed by atoms with Crippen molar-refractivity contribution >= 4 is 17.7 Å². The lowest BCUT2D eigenvalue weighted by atomic mass is 9.70. The maximum absolute atomic E-state index is 11.5. The van der Waals surface area contributed by atoms with Gasteiger partial charge in [-0.25, -0.2) is 0 Å². The molecule has 0 aromatic rings. The molecule has 4 heteroatoms. The van der Waals surface area contributed by atoms with Gasteiger partial charge in [0.1, 0.15) is 0 Å². The van der Waals surface area contributed by atoms with Gasteiger partial charge < -0.3 is 10.2 Å². The molecule has 1 aliphatic carbocycles. The Balaban J connectivity index is 2.13. The molecular weight excluding hydrogens is 212 g/mol. The molecule has 2 fully saturated rings. The van der Waals surface area contributed by atoms with Crippen LogP contribution < -0.4 is 0 Å². The van der Waals surface area contributed by atoms with Gasteiger partial charge in [-0.3, -0.25) is 4.79 Å². The molecule has 0 radical (unpaired) electrons. The van der Waals surface area contributed by atoms with Crippen molar-refractivity contribution in [2.75, 3.05) is 5.75 Å². The lowest BCUT2D eigenvalue weighted by molar-refractivity contribution is -0.152. The summed E-state index contributed by atoms with van der Waals surface area (Å²) in [7, 11) is 0. The molecular formula is C11H18O3S. The topological polar surface area (TPSA) is 57.5 Å². The van der Waals surface area contributed by atoms with Crippen LogP contribution >= 0.6 is 11.8 Å². The number of aliphatic hydroxyl groups excluding tert-OH is 1. The molecule has 0 aromatic carbocycles. The van der Waals surface area contributed by atoms with Gasteiger partial charge in [0.15, 0.2) is 0 Å². The number of carboxylic acids is 1. The zero-order valence-corrected chi connectivity index (χ0v) is 9.63. The summed E-state index contributed by atoms with van der Waals surface area (Å²) in [5.74, 6) is 0.455. The minimum Gasteiger partial charge on any atom is -0.481 e. The molecule has 0 spiro atoms. The number of hydrogen-bond acceptors (Lipinski definition) is 3. The summed E-state index contributed by atoms with van der Waals surface area (Å²) in [6.07, 6.45) is 4.53. The molecule has 0 amide bonds. The van der Waals surface area contributed by atoms with E-state index in [2.05, 4.69) is 0 Å². The molecule has 86 valence electrons. The Labute approximate surface area is 94.3 Å². The van der Waals surface area contributed by atoms with Crippen molar-refractivity contribution in [2.24, 2.45) is 5.41 Å². The Morgan fingerprint density at radius 1 is 1.27 bits per heavy atom. The van der Waals surface area contributed by atoms with Gasteiger partial charge in [-0.15, -0.1) is 0 Å². The van der Waals surface area contributed by atoms with Gasteiger partial charge in [0.25, 0.3) is 0 Å². The largest absolute Gasteiger partial charge is 0.481 e. The standard InChI is InChI=1S/C11H18O3S/c12-8-3-5-11(6-4-8,10(13)14)9-2-1-7-15-9/h8-9,12H,1-7H2,(H,13,14). The van der Waals surface area contributed by atoms with E-state index in [9.17, 15) is 15.0 Å². The van der Waals surface area contributed by atoms with Crippen LogP contribution in [0.5, 0.6) is 0 Å². The van der Waals surface area contributed by atoms with Crippen molar-refractivity contribution in [1.82, 2.24) is 0 Å². The van der Waals surface area contributed by atoms with Crippen molar-refractivity contribution in [3.63, 3.8) is 0 Å². The van der Waals surface area contributed by atoms with E-state index in [-0.39, 0.29) is 11.4 Å². The molecule has 3 nitrogen and oxygen atoms in total. The van der Waals surface area contributed by atoms with E-state index in [0.717, 1.165) is 18.6 Å². The number of hydrogen-bond donors (Lipinski definition) is 2. The average molecular weight is 230 g/mol. The molecule has 1 heterocycles. The second-order valence-corrected chi connectivity index (χ2v) is 6.00. The van der Waals surface area contributed by atoms with Crippen molar-refractivity contribution in [3.8, 4) is 0 Å². The highest BCUT2D eigenvalue weighted by Gasteiger charge is 2.48. The van der Waals surface area contributed by atoms with Gasteiger partial charge in [0.05, 0.1) is 11.5 Å². The van der Waals surface area contributed by atoms with Gasteiger partial charge >= 0.3 is 5.97 Å². The van der Waals surface area contributed by atoms with E-state index in [1.54, 1.807) is 0 Å². The second-order valence-electron chi connectivity index (χ2n) is 4.69. The third kappa shape index (κ3) is 2.02. The van der Waals surface area contributed by atoms with Gasteiger partial charge in [-0.1, -0.05) is 0 Å². The van der Waals surface area contributed by atoms with Crippen molar-refractivity contribution < 1.29 is 15.0 Å². The van der Waals surface area contributed by atoms with Gasteiger partial charge in [-0.05, 0) is 44.3 Å². The third-order valence-electron chi connectivity index (χ3n) is 3.82. The molecule has 2 N–H and O–H groups in total.